The molecule has 1 N–H and O–H groups in total. The van der Waals surface area contributed by atoms with Crippen LogP contribution in [0.2, 0.25) is 0 Å². The molecule has 1 fully saturated rings. The quantitative estimate of drug-likeness (QED) is 0.813. The Kier molecular flexibility index (Phi) is 4.87. The van der Waals surface area contributed by atoms with Crippen molar-refractivity contribution in [3.05, 3.63) is 51.3 Å². The lowest BCUT2D eigenvalue weighted by Gasteiger charge is -2.22. The Bertz CT molecular complexity index is 532. The molecule has 3 heterocycles. The second kappa shape index (κ2) is 6.85. The van der Waals surface area contributed by atoms with Gasteiger partial charge in [-0.2, -0.15) is 0 Å². The van der Waals surface area contributed by atoms with Gasteiger partial charge in [0.1, 0.15) is 5.82 Å². The normalized spacial score (nSPS) is 19.3. The summed E-state index contributed by atoms with van der Waals surface area (Å²) in [5.41, 5.74) is 4.63. The molecule has 21 heavy (non-hydrogen) atoms. The standard InChI is InChI=1S/C15H16Br2N4/c16-12-3-5-14(18-9-12)11-2-1-7-21(20-8-11)15-6-4-13(17)10-19-15/h3-6,9-11,20H,1-2,7-8H2. The summed E-state index contributed by atoms with van der Waals surface area (Å²) in [6.07, 6.45) is 5.95. The van der Waals surface area contributed by atoms with Crippen LogP contribution in [0, 0.1) is 0 Å². The molecule has 0 amide bonds. The zero-order valence-corrected chi connectivity index (χ0v) is 14.6. The number of hydrazine groups is 1. The summed E-state index contributed by atoms with van der Waals surface area (Å²) in [4.78, 5) is 8.97. The van der Waals surface area contributed by atoms with Crippen LogP contribution in [0.5, 0.6) is 0 Å². The van der Waals surface area contributed by atoms with Crippen molar-refractivity contribution in [2.75, 3.05) is 18.1 Å². The minimum absolute atomic E-state index is 0.443. The highest BCUT2D eigenvalue weighted by atomic mass is 79.9. The van der Waals surface area contributed by atoms with Crippen molar-refractivity contribution in [2.45, 2.75) is 18.8 Å². The molecular weight excluding hydrogens is 396 g/mol. The van der Waals surface area contributed by atoms with E-state index in [1.54, 1.807) is 0 Å². The Balaban J connectivity index is 1.69. The van der Waals surface area contributed by atoms with Gasteiger partial charge in [-0.1, -0.05) is 0 Å². The van der Waals surface area contributed by atoms with Gasteiger partial charge in [0.05, 0.1) is 0 Å². The molecule has 0 bridgehead atoms. The fraction of sp³-hybridized carbons (Fsp3) is 0.333. The van der Waals surface area contributed by atoms with Crippen molar-refractivity contribution in [1.29, 1.82) is 0 Å². The zero-order valence-electron chi connectivity index (χ0n) is 11.5. The molecule has 1 unspecified atom stereocenters. The van der Waals surface area contributed by atoms with Crippen molar-refractivity contribution < 1.29 is 0 Å². The number of hydrogen-bond donors (Lipinski definition) is 1. The molecule has 0 spiro atoms. The van der Waals surface area contributed by atoms with Crippen LogP contribution in [0.15, 0.2) is 45.6 Å². The molecule has 0 aliphatic carbocycles. The van der Waals surface area contributed by atoms with Gasteiger partial charge >= 0.3 is 0 Å². The van der Waals surface area contributed by atoms with E-state index in [4.69, 9.17) is 0 Å². The molecule has 0 saturated carbocycles. The smallest absolute Gasteiger partial charge is 0.142 e. The van der Waals surface area contributed by atoms with Crippen molar-refractivity contribution in [1.82, 2.24) is 15.4 Å². The second-order valence-electron chi connectivity index (χ2n) is 5.09. The lowest BCUT2D eigenvalue weighted by atomic mass is 9.99. The maximum atomic E-state index is 4.53. The van der Waals surface area contributed by atoms with E-state index in [1.165, 1.54) is 0 Å². The van der Waals surface area contributed by atoms with Gasteiger partial charge in [-0.05, 0) is 69.0 Å². The summed E-state index contributed by atoms with van der Waals surface area (Å²) in [5.74, 6) is 1.40. The molecule has 0 radical (unpaired) electrons. The monoisotopic (exact) mass is 410 g/mol. The van der Waals surface area contributed by atoms with Gasteiger partial charge in [-0.15, -0.1) is 0 Å². The Labute approximate surface area is 141 Å². The third-order valence-corrected chi connectivity index (χ3v) is 4.56. The maximum Gasteiger partial charge on any atom is 0.142 e. The third kappa shape index (κ3) is 3.81. The van der Waals surface area contributed by atoms with Crippen molar-refractivity contribution in [2.24, 2.45) is 0 Å². The molecule has 1 saturated heterocycles. The number of aromatic nitrogens is 2. The van der Waals surface area contributed by atoms with E-state index in [2.05, 4.69) is 64.4 Å². The number of nitrogens with zero attached hydrogens (tertiary/aromatic N) is 3. The summed E-state index contributed by atoms with van der Waals surface area (Å²) in [6.45, 7) is 1.84. The number of anilines is 1. The molecule has 1 aliphatic heterocycles. The number of pyridine rings is 2. The molecular formula is C15H16Br2N4. The van der Waals surface area contributed by atoms with E-state index in [-0.39, 0.29) is 0 Å². The van der Waals surface area contributed by atoms with Crippen LogP contribution in [0.4, 0.5) is 5.82 Å². The van der Waals surface area contributed by atoms with E-state index in [1.807, 2.05) is 24.5 Å². The predicted molar refractivity (Wildman–Crippen MR) is 91.2 cm³/mol. The minimum Gasteiger partial charge on any atom is -0.292 e. The van der Waals surface area contributed by atoms with E-state index in [0.29, 0.717) is 5.92 Å². The number of rotatable bonds is 2. The lowest BCUT2D eigenvalue weighted by Crippen LogP contribution is -2.39. The van der Waals surface area contributed by atoms with Crippen LogP contribution in [-0.2, 0) is 0 Å². The van der Waals surface area contributed by atoms with Crippen molar-refractivity contribution in [3.8, 4) is 0 Å². The molecule has 2 aromatic rings. The molecule has 2 aromatic heterocycles. The molecule has 6 heteroatoms. The molecule has 4 nitrogen and oxygen atoms in total. The molecule has 1 aliphatic rings. The topological polar surface area (TPSA) is 41.1 Å². The van der Waals surface area contributed by atoms with E-state index in [9.17, 15) is 0 Å². The summed E-state index contributed by atoms with van der Waals surface area (Å²) < 4.78 is 2.02. The highest BCUT2D eigenvalue weighted by Crippen LogP contribution is 2.24. The van der Waals surface area contributed by atoms with Gasteiger partial charge in [0, 0.05) is 46.0 Å². The largest absolute Gasteiger partial charge is 0.292 e. The van der Waals surface area contributed by atoms with Gasteiger partial charge in [-0.3, -0.25) is 9.99 Å². The lowest BCUT2D eigenvalue weighted by molar-refractivity contribution is 0.583. The number of halogens is 2. The molecule has 110 valence electrons. The predicted octanol–water partition coefficient (Wildman–Crippen LogP) is 3.89. The van der Waals surface area contributed by atoms with Crippen LogP contribution in [0.1, 0.15) is 24.5 Å². The van der Waals surface area contributed by atoms with Gasteiger partial charge < -0.3 is 0 Å². The van der Waals surface area contributed by atoms with Gasteiger partial charge in [0.25, 0.3) is 0 Å². The molecule has 3 rings (SSSR count). The first kappa shape index (κ1) is 14.9. The Hall–Kier alpha value is -0.980. The Morgan fingerprint density at radius 3 is 2.48 bits per heavy atom. The van der Waals surface area contributed by atoms with Crippen molar-refractivity contribution >= 4 is 37.7 Å². The first-order valence-corrected chi connectivity index (χ1v) is 8.55. The summed E-state index contributed by atoms with van der Waals surface area (Å²) in [6, 6.07) is 8.20. The summed E-state index contributed by atoms with van der Waals surface area (Å²) >= 11 is 6.85. The van der Waals surface area contributed by atoms with E-state index in [0.717, 1.165) is 46.4 Å². The average molecular weight is 412 g/mol. The van der Waals surface area contributed by atoms with Crippen LogP contribution in [0.25, 0.3) is 0 Å². The zero-order chi connectivity index (χ0) is 14.7. The van der Waals surface area contributed by atoms with Crippen LogP contribution < -0.4 is 10.4 Å². The number of nitrogens with one attached hydrogen (secondary N) is 1. The van der Waals surface area contributed by atoms with Gasteiger partial charge in [0.15, 0.2) is 0 Å². The van der Waals surface area contributed by atoms with Crippen LogP contribution >= 0.6 is 31.9 Å². The Morgan fingerprint density at radius 2 is 1.81 bits per heavy atom. The fourth-order valence-electron chi connectivity index (χ4n) is 2.50. The van der Waals surface area contributed by atoms with Gasteiger partial charge in [0.2, 0.25) is 0 Å². The third-order valence-electron chi connectivity index (χ3n) is 3.62. The highest BCUT2D eigenvalue weighted by molar-refractivity contribution is 9.10. The second-order valence-corrected chi connectivity index (χ2v) is 6.92. The van der Waals surface area contributed by atoms with E-state index < -0.39 is 0 Å². The van der Waals surface area contributed by atoms with Crippen LogP contribution in [-0.4, -0.2) is 23.1 Å². The maximum absolute atomic E-state index is 4.53. The van der Waals surface area contributed by atoms with Crippen molar-refractivity contribution in [3.63, 3.8) is 0 Å². The first-order chi connectivity index (χ1) is 10.2. The average Bonchev–Trinajstić information content (AvgIpc) is 2.75. The molecule has 1 atom stereocenters. The first-order valence-electron chi connectivity index (χ1n) is 6.96. The van der Waals surface area contributed by atoms with Crippen LogP contribution in [0.3, 0.4) is 0 Å². The Morgan fingerprint density at radius 1 is 1.05 bits per heavy atom. The fourth-order valence-corrected chi connectivity index (χ4v) is 2.97. The van der Waals surface area contributed by atoms with Gasteiger partial charge in [-0.25, -0.2) is 10.4 Å². The minimum atomic E-state index is 0.443. The van der Waals surface area contributed by atoms with E-state index >= 15 is 0 Å². The SMILES string of the molecule is Brc1ccc(C2CCCN(c3ccc(Br)cn3)NC2)nc1. The highest BCUT2D eigenvalue weighted by Gasteiger charge is 2.19. The number of hydrogen-bond acceptors (Lipinski definition) is 4. The summed E-state index contributed by atoms with van der Waals surface area (Å²) in [7, 11) is 0. The molecule has 0 aromatic carbocycles. The summed E-state index contributed by atoms with van der Waals surface area (Å²) in [5, 5.41) is 2.13.